The van der Waals surface area contributed by atoms with Crippen LogP contribution in [0.5, 0.6) is 0 Å². The Morgan fingerprint density at radius 2 is 1.90 bits per heavy atom. The summed E-state index contributed by atoms with van der Waals surface area (Å²) in [6.07, 6.45) is 0.911. The topological polar surface area (TPSA) is 26.3 Å². The van der Waals surface area contributed by atoms with E-state index >= 15 is 0 Å². The summed E-state index contributed by atoms with van der Waals surface area (Å²) < 4.78 is 18.7. The Labute approximate surface area is 128 Å². The van der Waals surface area contributed by atoms with Crippen LogP contribution >= 0.6 is 11.6 Å². The van der Waals surface area contributed by atoms with Crippen molar-refractivity contribution in [2.45, 2.75) is 19.4 Å². The molecule has 0 saturated heterocycles. The summed E-state index contributed by atoms with van der Waals surface area (Å²) in [5.74, 6) is -0.620. The summed E-state index contributed by atoms with van der Waals surface area (Å²) in [6.45, 7) is 1.02. The van der Waals surface area contributed by atoms with Gasteiger partial charge >= 0.3 is 0 Å². The number of ether oxygens (including phenoxy) is 1. The lowest BCUT2D eigenvalue weighted by molar-refractivity contribution is 0.0919. The third kappa shape index (κ3) is 5.29. The van der Waals surface area contributed by atoms with Crippen LogP contribution in [0.2, 0.25) is 5.02 Å². The molecular formula is C17H16ClFO2. The Morgan fingerprint density at radius 3 is 2.62 bits per heavy atom. The highest BCUT2D eigenvalue weighted by Crippen LogP contribution is 2.16. The zero-order valence-corrected chi connectivity index (χ0v) is 12.3. The number of benzene rings is 2. The summed E-state index contributed by atoms with van der Waals surface area (Å²) >= 11 is 5.73. The first-order chi connectivity index (χ1) is 10.1. The Bertz CT molecular complexity index is 579. The number of hydrogen-bond donors (Lipinski definition) is 0. The summed E-state index contributed by atoms with van der Waals surface area (Å²) in [5.41, 5.74) is 1.41. The molecular weight excluding hydrogens is 291 g/mol. The quantitative estimate of drug-likeness (QED) is 0.549. The molecule has 2 nitrogen and oxygen atoms in total. The Kier molecular flexibility index (Phi) is 5.90. The van der Waals surface area contributed by atoms with E-state index in [9.17, 15) is 9.18 Å². The first kappa shape index (κ1) is 15.7. The van der Waals surface area contributed by atoms with Gasteiger partial charge in [-0.25, -0.2) is 4.39 Å². The fourth-order valence-electron chi connectivity index (χ4n) is 1.96. The van der Waals surface area contributed by atoms with Gasteiger partial charge in [0.25, 0.3) is 0 Å². The van der Waals surface area contributed by atoms with Crippen LogP contribution in [0.25, 0.3) is 0 Å². The molecule has 2 rings (SSSR count). The highest BCUT2D eigenvalue weighted by molar-refractivity contribution is 6.31. The highest BCUT2D eigenvalue weighted by atomic mass is 35.5. The van der Waals surface area contributed by atoms with E-state index in [4.69, 9.17) is 16.3 Å². The van der Waals surface area contributed by atoms with Crippen LogP contribution < -0.4 is 0 Å². The van der Waals surface area contributed by atoms with Gasteiger partial charge in [-0.05, 0) is 30.2 Å². The maximum absolute atomic E-state index is 13.2. The number of carbonyl (C=O) groups is 1. The van der Waals surface area contributed by atoms with E-state index in [1.807, 2.05) is 30.3 Å². The van der Waals surface area contributed by atoms with E-state index in [2.05, 4.69) is 0 Å². The Balaban J connectivity index is 1.72. The molecule has 2 aromatic rings. The molecule has 0 radical (unpaired) electrons. The first-order valence-electron chi connectivity index (χ1n) is 6.76. The molecule has 110 valence electrons. The van der Waals surface area contributed by atoms with Crippen molar-refractivity contribution < 1.29 is 13.9 Å². The van der Waals surface area contributed by atoms with Crippen molar-refractivity contribution in [2.75, 3.05) is 6.61 Å². The number of rotatable bonds is 7. The molecule has 0 saturated carbocycles. The van der Waals surface area contributed by atoms with Gasteiger partial charge in [-0.2, -0.15) is 0 Å². The average molecular weight is 307 g/mol. The van der Waals surface area contributed by atoms with Crippen molar-refractivity contribution in [2.24, 2.45) is 0 Å². The smallest absolute Gasteiger partial charge is 0.163 e. The van der Waals surface area contributed by atoms with Gasteiger partial charge in [-0.1, -0.05) is 41.9 Å². The average Bonchev–Trinajstić information content (AvgIpc) is 2.47. The zero-order valence-electron chi connectivity index (χ0n) is 11.5. The lowest BCUT2D eigenvalue weighted by Gasteiger charge is -2.05. The van der Waals surface area contributed by atoms with Crippen LogP contribution in [0.1, 0.15) is 28.8 Å². The van der Waals surface area contributed by atoms with Crippen molar-refractivity contribution in [3.63, 3.8) is 0 Å². The largest absolute Gasteiger partial charge is 0.377 e. The normalized spacial score (nSPS) is 10.6. The zero-order chi connectivity index (χ0) is 15.1. The minimum absolute atomic E-state index is 0.125. The van der Waals surface area contributed by atoms with Gasteiger partial charge in [0.2, 0.25) is 0 Å². The molecule has 0 aromatic heterocycles. The highest BCUT2D eigenvalue weighted by Gasteiger charge is 2.08. The van der Waals surface area contributed by atoms with Gasteiger partial charge in [0.05, 0.1) is 6.61 Å². The molecule has 0 aliphatic heterocycles. The fraction of sp³-hybridized carbons (Fsp3) is 0.235. The second-order valence-corrected chi connectivity index (χ2v) is 5.16. The van der Waals surface area contributed by atoms with E-state index < -0.39 is 5.82 Å². The molecule has 2 aromatic carbocycles. The van der Waals surface area contributed by atoms with E-state index in [1.165, 1.54) is 18.2 Å². The molecule has 0 bridgehead atoms. The van der Waals surface area contributed by atoms with Gasteiger partial charge in [0.1, 0.15) is 5.82 Å². The van der Waals surface area contributed by atoms with Gasteiger partial charge < -0.3 is 4.74 Å². The standard InChI is InChI=1S/C17H16ClFO2/c18-15-9-14(10-16(19)11-15)17(20)7-4-8-21-12-13-5-2-1-3-6-13/h1-3,5-6,9-11H,4,7-8,12H2. The molecule has 0 atom stereocenters. The molecule has 0 N–H and O–H groups in total. The van der Waals surface area contributed by atoms with Crippen molar-refractivity contribution in [1.82, 2.24) is 0 Å². The van der Waals surface area contributed by atoms with Crippen LogP contribution in [0.3, 0.4) is 0 Å². The van der Waals surface area contributed by atoms with Gasteiger partial charge in [0, 0.05) is 23.6 Å². The molecule has 4 heteroatoms. The molecule has 21 heavy (non-hydrogen) atoms. The van der Waals surface area contributed by atoms with Gasteiger partial charge in [0.15, 0.2) is 5.78 Å². The predicted molar refractivity (Wildman–Crippen MR) is 81.1 cm³/mol. The van der Waals surface area contributed by atoms with Crippen LogP contribution in [0, 0.1) is 5.82 Å². The van der Waals surface area contributed by atoms with Crippen LogP contribution in [0.15, 0.2) is 48.5 Å². The minimum Gasteiger partial charge on any atom is -0.377 e. The molecule has 0 amide bonds. The third-order valence-electron chi connectivity index (χ3n) is 2.99. The van der Waals surface area contributed by atoms with Crippen LogP contribution in [-0.4, -0.2) is 12.4 Å². The summed E-state index contributed by atoms with van der Waals surface area (Å²) in [5, 5.41) is 0.235. The second kappa shape index (κ2) is 7.91. The summed E-state index contributed by atoms with van der Waals surface area (Å²) in [4.78, 5) is 11.9. The molecule has 0 heterocycles. The van der Waals surface area contributed by atoms with E-state index in [0.29, 0.717) is 31.6 Å². The van der Waals surface area contributed by atoms with E-state index in [1.54, 1.807) is 0 Å². The van der Waals surface area contributed by atoms with E-state index in [0.717, 1.165) is 5.56 Å². The second-order valence-electron chi connectivity index (χ2n) is 4.72. The number of ketones is 1. The van der Waals surface area contributed by atoms with Crippen molar-refractivity contribution in [3.8, 4) is 0 Å². The van der Waals surface area contributed by atoms with E-state index in [-0.39, 0.29) is 10.8 Å². The van der Waals surface area contributed by atoms with Crippen LogP contribution in [-0.2, 0) is 11.3 Å². The summed E-state index contributed by atoms with van der Waals surface area (Å²) in [7, 11) is 0. The maximum Gasteiger partial charge on any atom is 0.163 e. The summed E-state index contributed by atoms with van der Waals surface area (Å²) in [6, 6.07) is 13.7. The first-order valence-corrected chi connectivity index (χ1v) is 7.14. The Morgan fingerprint density at radius 1 is 1.14 bits per heavy atom. The lowest BCUT2D eigenvalue weighted by Crippen LogP contribution is -2.03. The molecule has 0 spiro atoms. The fourth-order valence-corrected chi connectivity index (χ4v) is 2.18. The number of hydrogen-bond acceptors (Lipinski definition) is 2. The number of Topliss-reactive ketones (excluding diaryl/α,β-unsaturated/α-hetero) is 1. The number of halogens is 2. The molecule has 0 unspecified atom stereocenters. The van der Waals surface area contributed by atoms with Crippen molar-refractivity contribution >= 4 is 17.4 Å². The van der Waals surface area contributed by atoms with Crippen molar-refractivity contribution in [1.29, 1.82) is 0 Å². The maximum atomic E-state index is 13.2. The van der Waals surface area contributed by atoms with Gasteiger partial charge in [-0.3, -0.25) is 4.79 Å². The SMILES string of the molecule is O=C(CCCOCc1ccccc1)c1cc(F)cc(Cl)c1. The molecule has 0 aliphatic carbocycles. The van der Waals surface area contributed by atoms with Gasteiger partial charge in [-0.15, -0.1) is 0 Å². The third-order valence-corrected chi connectivity index (χ3v) is 3.21. The molecule has 0 fully saturated rings. The predicted octanol–water partition coefficient (Wildman–Crippen LogP) is 4.66. The van der Waals surface area contributed by atoms with Crippen molar-refractivity contribution in [3.05, 3.63) is 70.5 Å². The van der Waals surface area contributed by atoms with Crippen LogP contribution in [0.4, 0.5) is 4.39 Å². The lowest BCUT2D eigenvalue weighted by atomic mass is 10.1. The monoisotopic (exact) mass is 306 g/mol. The number of carbonyl (C=O) groups excluding carboxylic acids is 1. The minimum atomic E-state index is -0.494. The Hall–Kier alpha value is -1.71. The molecule has 0 aliphatic rings.